The van der Waals surface area contributed by atoms with Crippen molar-refractivity contribution in [2.24, 2.45) is 0 Å². The molecule has 7 nitrogen and oxygen atoms in total. The number of halogens is 4. The largest absolute Gasteiger partial charge is 0.481 e. The van der Waals surface area contributed by atoms with Crippen LogP contribution in [0.5, 0.6) is 11.6 Å². The Morgan fingerprint density at radius 1 is 1.05 bits per heavy atom. The lowest BCUT2D eigenvalue weighted by molar-refractivity contribution is -0.173. The molecule has 0 aliphatic carbocycles. The Balaban J connectivity index is 1.66. The zero-order valence-corrected chi connectivity index (χ0v) is 21.9. The third-order valence-corrected chi connectivity index (χ3v) is 5.70. The van der Waals surface area contributed by atoms with Crippen LogP contribution in [0.15, 0.2) is 54.6 Å². The first-order valence-corrected chi connectivity index (χ1v) is 11.9. The zero-order valence-electron chi connectivity index (χ0n) is 21.1. The van der Waals surface area contributed by atoms with Gasteiger partial charge in [0.25, 0.3) is 0 Å². The first kappa shape index (κ1) is 28.8. The Hall–Kier alpha value is -3.79. The van der Waals surface area contributed by atoms with E-state index in [0.717, 1.165) is 18.2 Å². The molecule has 1 N–H and O–H groups in total. The van der Waals surface area contributed by atoms with Gasteiger partial charge in [-0.2, -0.15) is 8.78 Å². The lowest BCUT2D eigenvalue weighted by atomic mass is 10.0. The van der Waals surface area contributed by atoms with Crippen LogP contribution < -0.4 is 14.8 Å². The molecule has 2 aromatic carbocycles. The first-order chi connectivity index (χ1) is 17.9. The van der Waals surface area contributed by atoms with Crippen molar-refractivity contribution < 1.29 is 37.0 Å². The average molecular weight is 551 g/mol. The first-order valence-electron chi connectivity index (χ1n) is 11.5. The maximum absolute atomic E-state index is 14.8. The summed E-state index contributed by atoms with van der Waals surface area (Å²) in [5.41, 5.74) is -0.739. The van der Waals surface area contributed by atoms with E-state index >= 15 is 0 Å². The highest BCUT2D eigenvalue weighted by molar-refractivity contribution is 6.31. The number of benzene rings is 2. The molecule has 202 valence electrons. The minimum absolute atomic E-state index is 0.0909. The number of hydrogen-bond donors (Lipinski definition) is 1. The van der Waals surface area contributed by atoms with Crippen LogP contribution in [0.4, 0.5) is 18.9 Å². The number of esters is 1. The number of nitrogens with one attached hydrogen (secondary N) is 1. The summed E-state index contributed by atoms with van der Waals surface area (Å²) < 4.78 is 58.4. The third-order valence-electron chi connectivity index (χ3n) is 5.39. The van der Waals surface area contributed by atoms with E-state index < -0.39 is 34.8 Å². The van der Waals surface area contributed by atoms with Crippen LogP contribution >= 0.6 is 11.6 Å². The van der Waals surface area contributed by atoms with Gasteiger partial charge in [-0.1, -0.05) is 35.9 Å². The SMILES string of the molecule is CCOC(=O)C(F)(F)c1ccc(CC(=O)Nc2ccc(OC(C)(C)c3nc(OC)ccc3Cl)c(F)c2)cc1. The molecular formula is C27H26ClF3N2O5. The smallest absolute Gasteiger partial charge is 0.381 e. The van der Waals surface area contributed by atoms with Gasteiger partial charge in [-0.25, -0.2) is 14.2 Å². The number of aromatic nitrogens is 1. The fraction of sp³-hybridized carbons (Fsp3) is 0.296. The molecule has 38 heavy (non-hydrogen) atoms. The average Bonchev–Trinajstić information content (AvgIpc) is 2.86. The van der Waals surface area contributed by atoms with Crippen molar-refractivity contribution in [3.8, 4) is 11.6 Å². The number of hydrogen-bond acceptors (Lipinski definition) is 6. The zero-order chi connectivity index (χ0) is 28.1. The molecule has 0 aliphatic heterocycles. The van der Waals surface area contributed by atoms with Crippen LogP contribution in [0.25, 0.3) is 0 Å². The molecule has 0 saturated heterocycles. The second kappa shape index (κ2) is 11.7. The van der Waals surface area contributed by atoms with E-state index in [1.807, 2.05) is 0 Å². The van der Waals surface area contributed by atoms with Gasteiger partial charge < -0.3 is 19.5 Å². The molecule has 1 heterocycles. The summed E-state index contributed by atoms with van der Waals surface area (Å²) in [7, 11) is 1.46. The van der Waals surface area contributed by atoms with Crippen molar-refractivity contribution in [2.45, 2.75) is 38.7 Å². The van der Waals surface area contributed by atoms with Crippen LogP contribution in [-0.4, -0.2) is 30.6 Å². The number of methoxy groups -OCH3 is 1. The number of alkyl halides is 2. The van der Waals surface area contributed by atoms with Crippen LogP contribution in [0.3, 0.4) is 0 Å². The molecule has 0 radical (unpaired) electrons. The van der Waals surface area contributed by atoms with E-state index in [9.17, 15) is 22.8 Å². The van der Waals surface area contributed by atoms with Gasteiger partial charge >= 0.3 is 11.9 Å². The molecule has 1 amide bonds. The van der Waals surface area contributed by atoms with Crippen LogP contribution in [0.2, 0.25) is 5.02 Å². The summed E-state index contributed by atoms with van der Waals surface area (Å²) in [5, 5.41) is 2.87. The summed E-state index contributed by atoms with van der Waals surface area (Å²) in [5.74, 6) is -6.46. The van der Waals surface area contributed by atoms with Crippen molar-refractivity contribution in [3.63, 3.8) is 0 Å². The lowest BCUT2D eigenvalue weighted by Crippen LogP contribution is -2.28. The van der Waals surface area contributed by atoms with Gasteiger partial charge in [0, 0.05) is 23.4 Å². The number of amides is 1. The van der Waals surface area contributed by atoms with E-state index in [-0.39, 0.29) is 24.5 Å². The minimum Gasteiger partial charge on any atom is -0.481 e. The Bertz CT molecular complexity index is 1320. The second-order valence-electron chi connectivity index (χ2n) is 8.66. The number of pyridine rings is 1. The fourth-order valence-electron chi connectivity index (χ4n) is 3.51. The predicted octanol–water partition coefficient (Wildman–Crippen LogP) is 6.03. The Morgan fingerprint density at radius 3 is 2.34 bits per heavy atom. The molecule has 3 rings (SSSR count). The van der Waals surface area contributed by atoms with Crippen molar-refractivity contribution in [1.29, 1.82) is 0 Å². The maximum atomic E-state index is 14.8. The standard InChI is InChI=1S/C27H26ClF3N2O5/c1-5-37-25(35)27(30,31)17-8-6-16(7-9-17)14-22(34)32-18-10-12-21(20(29)15-18)38-26(2,3)24-19(28)11-13-23(33-24)36-4/h6-13,15H,5,14H2,1-4H3,(H,32,34). The number of carbonyl (C=O) groups excluding carboxylic acids is 2. The predicted molar refractivity (Wildman–Crippen MR) is 135 cm³/mol. The monoisotopic (exact) mass is 550 g/mol. The second-order valence-corrected chi connectivity index (χ2v) is 9.07. The highest BCUT2D eigenvalue weighted by Gasteiger charge is 2.42. The highest BCUT2D eigenvalue weighted by Crippen LogP contribution is 2.34. The molecule has 0 fully saturated rings. The molecule has 11 heteroatoms. The summed E-state index contributed by atoms with van der Waals surface area (Å²) >= 11 is 6.25. The topological polar surface area (TPSA) is 86.8 Å². The van der Waals surface area contributed by atoms with E-state index in [1.54, 1.807) is 26.0 Å². The van der Waals surface area contributed by atoms with Crippen molar-refractivity contribution in [3.05, 3.63) is 82.3 Å². The molecule has 0 spiro atoms. The molecule has 0 aliphatic rings. The van der Waals surface area contributed by atoms with E-state index in [0.29, 0.717) is 22.2 Å². The summed E-state index contributed by atoms with van der Waals surface area (Å²) in [4.78, 5) is 28.2. The molecule has 3 aromatic rings. The number of rotatable bonds is 10. The Labute approximate surface area is 222 Å². The van der Waals surface area contributed by atoms with Gasteiger partial charge in [-0.15, -0.1) is 0 Å². The normalized spacial score (nSPS) is 11.6. The van der Waals surface area contributed by atoms with Crippen LogP contribution in [0.1, 0.15) is 37.6 Å². The maximum Gasteiger partial charge on any atom is 0.381 e. The lowest BCUT2D eigenvalue weighted by Gasteiger charge is -2.27. The Morgan fingerprint density at radius 2 is 1.74 bits per heavy atom. The van der Waals surface area contributed by atoms with Gasteiger partial charge in [-0.3, -0.25) is 4.79 Å². The quantitative estimate of drug-likeness (QED) is 0.310. The summed E-state index contributed by atoms with van der Waals surface area (Å²) in [6, 6.07) is 11.8. The molecule has 0 bridgehead atoms. The fourth-order valence-corrected chi connectivity index (χ4v) is 3.84. The highest BCUT2D eigenvalue weighted by atomic mass is 35.5. The van der Waals surface area contributed by atoms with Crippen LogP contribution in [0, 0.1) is 5.82 Å². The number of carbonyl (C=O) groups is 2. The van der Waals surface area contributed by atoms with Gasteiger partial charge in [0.2, 0.25) is 11.8 Å². The number of anilines is 1. The van der Waals surface area contributed by atoms with Gasteiger partial charge in [0.05, 0.1) is 25.2 Å². The third kappa shape index (κ3) is 6.74. The van der Waals surface area contributed by atoms with Gasteiger partial charge in [0.1, 0.15) is 11.3 Å². The summed E-state index contributed by atoms with van der Waals surface area (Å²) in [6.45, 7) is 4.60. The molecular weight excluding hydrogens is 525 g/mol. The Kier molecular flexibility index (Phi) is 8.88. The van der Waals surface area contributed by atoms with Gasteiger partial charge in [0.15, 0.2) is 11.6 Å². The van der Waals surface area contributed by atoms with E-state index in [2.05, 4.69) is 15.0 Å². The van der Waals surface area contributed by atoms with Crippen molar-refractivity contribution >= 4 is 29.2 Å². The molecule has 0 unspecified atom stereocenters. The summed E-state index contributed by atoms with van der Waals surface area (Å²) in [6.07, 6.45) is -0.168. The van der Waals surface area contributed by atoms with Gasteiger partial charge in [-0.05, 0) is 44.5 Å². The number of nitrogens with zero attached hydrogens (tertiary/aromatic N) is 1. The van der Waals surface area contributed by atoms with Crippen LogP contribution in [-0.2, 0) is 32.3 Å². The molecule has 1 aromatic heterocycles. The van der Waals surface area contributed by atoms with E-state index in [4.69, 9.17) is 21.1 Å². The van der Waals surface area contributed by atoms with Crippen molar-refractivity contribution in [2.75, 3.05) is 19.0 Å². The number of ether oxygens (including phenoxy) is 3. The van der Waals surface area contributed by atoms with E-state index in [1.165, 1.54) is 38.3 Å². The minimum atomic E-state index is -3.80. The van der Waals surface area contributed by atoms with Crippen molar-refractivity contribution in [1.82, 2.24) is 4.98 Å². The molecule has 0 atom stereocenters. The molecule has 0 saturated carbocycles.